The maximum absolute atomic E-state index is 4.85. The highest BCUT2D eigenvalue weighted by Gasteiger charge is 2.59. The Kier molecular flexibility index (Phi) is 4.52. The van der Waals surface area contributed by atoms with E-state index in [4.69, 9.17) is 5.73 Å². The van der Waals surface area contributed by atoms with Crippen molar-refractivity contribution in [1.29, 1.82) is 0 Å². The molecule has 100 valence electrons. The van der Waals surface area contributed by atoms with E-state index < -0.39 is 0 Å². The largest absolute Gasteiger partial charge is 0.331 e. The highest BCUT2D eigenvalue weighted by molar-refractivity contribution is 5.08. The first-order valence-electron chi connectivity index (χ1n) is 8.05. The van der Waals surface area contributed by atoms with Gasteiger partial charge in [0, 0.05) is 0 Å². The van der Waals surface area contributed by atoms with Gasteiger partial charge in [-0.1, -0.05) is 20.8 Å². The monoisotopic (exact) mass is 237 g/mol. The molecule has 0 spiro atoms. The van der Waals surface area contributed by atoms with E-state index in [9.17, 15) is 0 Å². The predicted octanol–water partition coefficient (Wildman–Crippen LogP) is 4.07. The second-order valence-electron chi connectivity index (χ2n) is 6.23. The summed E-state index contributed by atoms with van der Waals surface area (Å²) in [6, 6.07) is 0. The Balaban J connectivity index is 0.000000193. The Morgan fingerprint density at radius 2 is 1.00 bits per heavy atom. The van der Waals surface area contributed by atoms with Crippen LogP contribution in [0.1, 0.15) is 59.3 Å². The normalized spacial score (nSPS) is 48.0. The third kappa shape index (κ3) is 2.16. The second kappa shape index (κ2) is 5.73. The lowest BCUT2D eigenvalue weighted by Gasteiger charge is -2.34. The van der Waals surface area contributed by atoms with E-state index >= 15 is 0 Å². The average Bonchev–Trinajstić information content (AvgIpc) is 3.12. The molecule has 0 aromatic carbocycles. The molecule has 4 fully saturated rings. The molecule has 0 saturated heterocycles. The Hall–Kier alpha value is -0.0400. The summed E-state index contributed by atoms with van der Waals surface area (Å²) in [4.78, 5) is 0. The van der Waals surface area contributed by atoms with Crippen LogP contribution >= 0.6 is 0 Å². The Bertz CT molecular complexity index is 194. The standard InChI is InChI=1S/C12H18.C2H7N.C2H6/c1-2-8-5-7(1)11-9-3-4-10(6-9)12(8)11;1-2-3;1-2/h7-12H,1-6H2;2-3H2,1H3;1-2H3. The van der Waals surface area contributed by atoms with Crippen LogP contribution in [0.3, 0.4) is 0 Å². The van der Waals surface area contributed by atoms with Crippen molar-refractivity contribution in [2.45, 2.75) is 59.3 Å². The molecular weight excluding hydrogens is 206 g/mol. The highest BCUT2D eigenvalue weighted by atomic mass is 14.6. The van der Waals surface area contributed by atoms with Crippen molar-refractivity contribution in [3.63, 3.8) is 0 Å². The van der Waals surface area contributed by atoms with Crippen LogP contribution in [0.25, 0.3) is 0 Å². The van der Waals surface area contributed by atoms with Crippen LogP contribution in [0.15, 0.2) is 0 Å². The first kappa shape index (κ1) is 13.4. The Morgan fingerprint density at radius 1 is 0.765 bits per heavy atom. The van der Waals surface area contributed by atoms with Crippen LogP contribution in [0.4, 0.5) is 0 Å². The molecule has 1 nitrogen and oxygen atoms in total. The molecule has 17 heavy (non-hydrogen) atoms. The van der Waals surface area contributed by atoms with Crippen molar-refractivity contribution in [3.05, 3.63) is 0 Å². The third-order valence-corrected chi connectivity index (χ3v) is 5.65. The lowest BCUT2D eigenvalue weighted by molar-refractivity contribution is 0.146. The van der Waals surface area contributed by atoms with E-state index in [0.717, 1.165) is 6.54 Å². The lowest BCUT2D eigenvalue weighted by Crippen LogP contribution is -2.27. The summed E-state index contributed by atoms with van der Waals surface area (Å²) in [6.45, 7) is 6.65. The maximum atomic E-state index is 4.85. The summed E-state index contributed by atoms with van der Waals surface area (Å²) < 4.78 is 0. The van der Waals surface area contributed by atoms with E-state index in [1.807, 2.05) is 20.8 Å². The Labute approximate surface area is 108 Å². The van der Waals surface area contributed by atoms with Gasteiger partial charge in [0.15, 0.2) is 0 Å². The van der Waals surface area contributed by atoms with Gasteiger partial charge < -0.3 is 5.73 Å². The lowest BCUT2D eigenvalue weighted by atomic mass is 9.71. The molecule has 0 radical (unpaired) electrons. The number of hydrogen-bond acceptors (Lipinski definition) is 1. The number of hydrogen-bond donors (Lipinski definition) is 1. The van der Waals surface area contributed by atoms with Gasteiger partial charge in [-0.3, -0.25) is 0 Å². The smallest absolute Gasteiger partial charge is 0.0106 e. The van der Waals surface area contributed by atoms with Crippen LogP contribution in [0, 0.1) is 35.5 Å². The molecule has 0 aromatic rings. The molecule has 0 aliphatic heterocycles. The Morgan fingerprint density at radius 3 is 1.24 bits per heavy atom. The van der Waals surface area contributed by atoms with E-state index in [-0.39, 0.29) is 0 Å². The minimum absolute atomic E-state index is 0.750. The molecule has 4 saturated carbocycles. The zero-order valence-electron chi connectivity index (χ0n) is 12.0. The average molecular weight is 237 g/mol. The molecule has 4 aliphatic rings. The van der Waals surface area contributed by atoms with Gasteiger partial charge in [-0.15, -0.1) is 0 Å². The van der Waals surface area contributed by atoms with Crippen molar-refractivity contribution in [2.24, 2.45) is 41.2 Å². The minimum Gasteiger partial charge on any atom is -0.331 e. The molecular formula is C16H31N. The van der Waals surface area contributed by atoms with Gasteiger partial charge in [-0.05, 0) is 80.6 Å². The van der Waals surface area contributed by atoms with Gasteiger partial charge in [-0.2, -0.15) is 0 Å². The van der Waals surface area contributed by atoms with Crippen LogP contribution in [0.2, 0.25) is 0 Å². The summed E-state index contributed by atoms with van der Waals surface area (Å²) in [6.07, 6.45) is 9.71. The molecule has 4 aliphatic carbocycles. The fourth-order valence-corrected chi connectivity index (χ4v) is 5.53. The van der Waals surface area contributed by atoms with Crippen LogP contribution in [-0.4, -0.2) is 6.54 Å². The van der Waals surface area contributed by atoms with Crippen LogP contribution in [-0.2, 0) is 0 Å². The van der Waals surface area contributed by atoms with Crippen molar-refractivity contribution >= 4 is 0 Å². The first-order chi connectivity index (χ1) is 8.35. The molecule has 0 amide bonds. The van der Waals surface area contributed by atoms with Crippen molar-refractivity contribution in [3.8, 4) is 0 Å². The summed E-state index contributed by atoms with van der Waals surface area (Å²) in [7, 11) is 0. The molecule has 2 N–H and O–H groups in total. The molecule has 4 unspecified atom stereocenters. The molecule has 0 heterocycles. The molecule has 4 bridgehead atoms. The highest BCUT2D eigenvalue weighted by Crippen LogP contribution is 2.67. The van der Waals surface area contributed by atoms with Gasteiger partial charge in [0.25, 0.3) is 0 Å². The predicted molar refractivity (Wildman–Crippen MR) is 74.7 cm³/mol. The topological polar surface area (TPSA) is 26.0 Å². The first-order valence-corrected chi connectivity index (χ1v) is 8.05. The van der Waals surface area contributed by atoms with Crippen molar-refractivity contribution in [2.75, 3.05) is 6.54 Å². The van der Waals surface area contributed by atoms with Gasteiger partial charge in [0.05, 0.1) is 0 Å². The van der Waals surface area contributed by atoms with Gasteiger partial charge in [0.1, 0.15) is 0 Å². The van der Waals surface area contributed by atoms with Gasteiger partial charge in [-0.25, -0.2) is 0 Å². The fourth-order valence-electron chi connectivity index (χ4n) is 5.53. The van der Waals surface area contributed by atoms with E-state index in [0.29, 0.717) is 0 Å². The third-order valence-electron chi connectivity index (χ3n) is 5.65. The van der Waals surface area contributed by atoms with Crippen molar-refractivity contribution in [1.82, 2.24) is 0 Å². The number of rotatable bonds is 0. The second-order valence-corrected chi connectivity index (χ2v) is 6.23. The quantitative estimate of drug-likeness (QED) is 0.631. The van der Waals surface area contributed by atoms with E-state index in [2.05, 4.69) is 0 Å². The molecule has 4 rings (SSSR count). The van der Waals surface area contributed by atoms with Gasteiger partial charge in [0.2, 0.25) is 0 Å². The van der Waals surface area contributed by atoms with Crippen LogP contribution < -0.4 is 5.73 Å². The number of nitrogens with two attached hydrogens (primary N) is 1. The zero-order valence-corrected chi connectivity index (χ0v) is 12.0. The molecule has 1 heteroatoms. The van der Waals surface area contributed by atoms with E-state index in [1.165, 1.54) is 35.5 Å². The summed E-state index contributed by atoms with van der Waals surface area (Å²) in [5, 5.41) is 0. The fraction of sp³-hybridized carbons (Fsp3) is 1.00. The number of fused-ring (bicyclic) bond motifs is 9. The SMILES string of the molecule is C1CC2CC1C1C3CCC(C3)C21.CC.CCN. The summed E-state index contributed by atoms with van der Waals surface area (Å²) >= 11 is 0. The molecule has 4 atom stereocenters. The van der Waals surface area contributed by atoms with Gasteiger partial charge >= 0.3 is 0 Å². The maximum Gasteiger partial charge on any atom is -0.0106 e. The molecule has 0 aromatic heterocycles. The van der Waals surface area contributed by atoms with Crippen LogP contribution in [0.5, 0.6) is 0 Å². The van der Waals surface area contributed by atoms with Crippen molar-refractivity contribution < 1.29 is 0 Å². The van der Waals surface area contributed by atoms with E-state index in [1.54, 1.807) is 38.5 Å². The summed E-state index contributed by atoms with van der Waals surface area (Å²) in [5.74, 6) is 7.29. The summed E-state index contributed by atoms with van der Waals surface area (Å²) in [5.41, 5.74) is 4.85. The minimum atomic E-state index is 0.750. The zero-order chi connectivity index (χ0) is 12.4.